The normalized spacial score (nSPS) is 11.5. The van der Waals surface area contributed by atoms with Crippen molar-refractivity contribution in [3.05, 3.63) is 74.9 Å². The average Bonchev–Trinajstić information content (AvgIpc) is 3.24. The fraction of sp³-hybridized carbons (Fsp3) is 0.238. The molecule has 160 valence electrons. The molecule has 4 rings (SSSR count). The van der Waals surface area contributed by atoms with Crippen molar-refractivity contribution in [3.8, 4) is 0 Å². The number of halogens is 3. The number of hydrogen-bond donors (Lipinski definition) is 1. The first kappa shape index (κ1) is 21.1. The molecule has 3 heterocycles. The van der Waals surface area contributed by atoms with Gasteiger partial charge in [0.2, 0.25) is 0 Å². The summed E-state index contributed by atoms with van der Waals surface area (Å²) in [6.07, 6.45) is -1.48. The van der Waals surface area contributed by atoms with Crippen LogP contribution in [0.4, 0.5) is 14.5 Å². The minimum atomic E-state index is -2.73. The third-order valence-corrected chi connectivity index (χ3v) is 6.05. The number of aryl methyl sites for hydroxylation is 2. The topological polar surface area (TPSA) is 77.1 Å². The van der Waals surface area contributed by atoms with Crippen molar-refractivity contribution < 1.29 is 13.6 Å². The predicted molar refractivity (Wildman–Crippen MR) is 116 cm³/mol. The van der Waals surface area contributed by atoms with Crippen LogP contribution in [0.15, 0.2) is 41.0 Å². The average molecular weight is 489 g/mol. The lowest BCUT2D eigenvalue weighted by molar-refractivity contribution is 0.102. The van der Waals surface area contributed by atoms with Crippen LogP contribution in [0.3, 0.4) is 0 Å². The third kappa shape index (κ3) is 4.07. The second-order valence-electron chi connectivity index (χ2n) is 7.21. The number of carbonyl (C=O) groups is 1. The molecule has 0 aliphatic rings. The summed E-state index contributed by atoms with van der Waals surface area (Å²) in [5.74, 6) is -0.473. The van der Waals surface area contributed by atoms with E-state index in [9.17, 15) is 13.6 Å². The second kappa shape index (κ2) is 8.18. The number of nitrogens with zero attached hydrogens (tertiary/aromatic N) is 5. The molecule has 31 heavy (non-hydrogen) atoms. The van der Waals surface area contributed by atoms with Crippen LogP contribution in [0, 0.1) is 20.8 Å². The van der Waals surface area contributed by atoms with Gasteiger partial charge in [-0.15, -0.1) is 0 Å². The summed E-state index contributed by atoms with van der Waals surface area (Å²) in [5, 5.41) is 11.2. The summed E-state index contributed by atoms with van der Waals surface area (Å²) >= 11 is 3.52. The van der Waals surface area contributed by atoms with Crippen LogP contribution >= 0.6 is 15.9 Å². The van der Waals surface area contributed by atoms with E-state index in [1.54, 1.807) is 13.0 Å². The lowest BCUT2D eigenvalue weighted by atomic mass is 10.2. The molecule has 0 bridgehead atoms. The van der Waals surface area contributed by atoms with E-state index in [1.807, 2.05) is 36.7 Å². The lowest BCUT2D eigenvalue weighted by Crippen LogP contribution is -2.13. The van der Waals surface area contributed by atoms with Gasteiger partial charge in [0.15, 0.2) is 5.65 Å². The van der Waals surface area contributed by atoms with E-state index in [1.165, 1.54) is 12.3 Å². The summed E-state index contributed by atoms with van der Waals surface area (Å²) in [6, 6.07) is 8.63. The number of aromatic nitrogens is 5. The first-order chi connectivity index (χ1) is 14.7. The first-order valence-electron chi connectivity index (χ1n) is 9.48. The third-order valence-electron chi connectivity index (χ3n) is 4.91. The maximum Gasteiger partial charge on any atom is 0.280 e. The molecule has 0 saturated carbocycles. The number of rotatable bonds is 5. The Labute approximate surface area is 185 Å². The van der Waals surface area contributed by atoms with Crippen LogP contribution in [-0.4, -0.2) is 30.3 Å². The number of nitrogens with one attached hydrogen (secondary N) is 1. The molecule has 0 saturated heterocycles. The van der Waals surface area contributed by atoms with Crippen molar-refractivity contribution in [1.29, 1.82) is 0 Å². The van der Waals surface area contributed by atoms with E-state index in [4.69, 9.17) is 0 Å². The number of anilines is 1. The molecule has 0 aliphatic carbocycles. The summed E-state index contributed by atoms with van der Waals surface area (Å²) in [5.41, 5.74) is 3.73. The number of alkyl halides is 2. The number of hydrogen-bond acceptors (Lipinski definition) is 4. The molecular formula is C21H19BrF2N6O. The predicted octanol–water partition coefficient (Wildman–Crippen LogP) is 4.85. The van der Waals surface area contributed by atoms with Crippen LogP contribution in [0.1, 0.15) is 45.1 Å². The Hall–Kier alpha value is -3.14. The molecule has 0 aliphatic heterocycles. The van der Waals surface area contributed by atoms with Crippen molar-refractivity contribution in [2.75, 3.05) is 5.32 Å². The minimum Gasteiger partial charge on any atom is -0.322 e. The molecular weight excluding hydrogens is 470 g/mol. The smallest absolute Gasteiger partial charge is 0.280 e. The van der Waals surface area contributed by atoms with Gasteiger partial charge in [-0.25, -0.2) is 18.3 Å². The number of fused-ring (bicyclic) bond motifs is 1. The van der Waals surface area contributed by atoms with Crippen molar-refractivity contribution in [2.45, 2.75) is 33.7 Å². The van der Waals surface area contributed by atoms with Crippen molar-refractivity contribution in [1.82, 2.24) is 24.4 Å². The number of benzene rings is 1. The van der Waals surface area contributed by atoms with E-state index in [-0.39, 0.29) is 16.9 Å². The lowest BCUT2D eigenvalue weighted by Gasteiger charge is -2.09. The molecule has 0 fully saturated rings. The Morgan fingerprint density at radius 2 is 2.00 bits per heavy atom. The van der Waals surface area contributed by atoms with Crippen molar-refractivity contribution in [3.63, 3.8) is 0 Å². The van der Waals surface area contributed by atoms with Gasteiger partial charge in [0.25, 0.3) is 12.3 Å². The van der Waals surface area contributed by atoms with Gasteiger partial charge in [-0.2, -0.15) is 10.2 Å². The molecule has 0 radical (unpaired) electrons. The molecule has 0 unspecified atom stereocenters. The molecule has 1 N–H and O–H groups in total. The first-order valence-corrected chi connectivity index (χ1v) is 10.3. The van der Waals surface area contributed by atoms with E-state index < -0.39 is 12.3 Å². The van der Waals surface area contributed by atoms with Gasteiger partial charge in [0.05, 0.1) is 28.6 Å². The summed E-state index contributed by atoms with van der Waals surface area (Å²) in [7, 11) is 0. The summed E-state index contributed by atoms with van der Waals surface area (Å²) < 4.78 is 30.5. The standard InChI is InChI=1S/C21H19BrF2N6O/c1-11-7-17(19(23)24)30-20(26-11)16(9-25-30)21(31)27-15-6-4-5-14(8-15)10-29-13(3)18(22)12(2)28-29/h4-9,19H,10H2,1-3H3,(H,27,31). The van der Waals surface area contributed by atoms with Gasteiger partial charge in [0.1, 0.15) is 11.3 Å². The second-order valence-corrected chi connectivity index (χ2v) is 8.01. The highest BCUT2D eigenvalue weighted by Gasteiger charge is 2.20. The number of amides is 1. The Morgan fingerprint density at radius 3 is 2.68 bits per heavy atom. The van der Waals surface area contributed by atoms with E-state index in [2.05, 4.69) is 36.4 Å². The Morgan fingerprint density at radius 1 is 1.23 bits per heavy atom. The van der Waals surface area contributed by atoms with Crippen LogP contribution in [0.25, 0.3) is 5.65 Å². The zero-order chi connectivity index (χ0) is 22.3. The molecule has 0 atom stereocenters. The molecule has 3 aromatic heterocycles. The molecule has 7 nitrogen and oxygen atoms in total. The van der Waals surface area contributed by atoms with Gasteiger partial charge in [-0.05, 0) is 60.5 Å². The SMILES string of the molecule is Cc1cc(C(F)F)n2ncc(C(=O)Nc3cccc(Cn4nc(C)c(Br)c4C)c3)c2n1. The largest absolute Gasteiger partial charge is 0.322 e. The van der Waals surface area contributed by atoms with Crippen LogP contribution in [-0.2, 0) is 6.54 Å². The van der Waals surface area contributed by atoms with E-state index in [0.29, 0.717) is 17.9 Å². The van der Waals surface area contributed by atoms with Crippen LogP contribution in [0.5, 0.6) is 0 Å². The van der Waals surface area contributed by atoms with E-state index >= 15 is 0 Å². The summed E-state index contributed by atoms with van der Waals surface area (Å²) in [4.78, 5) is 17.1. The van der Waals surface area contributed by atoms with Crippen LogP contribution < -0.4 is 5.32 Å². The quantitative estimate of drug-likeness (QED) is 0.435. The molecule has 0 spiro atoms. The van der Waals surface area contributed by atoms with Gasteiger partial charge >= 0.3 is 0 Å². The van der Waals surface area contributed by atoms with Gasteiger partial charge < -0.3 is 5.32 Å². The molecule has 10 heteroatoms. The van der Waals surface area contributed by atoms with Crippen molar-refractivity contribution in [2.24, 2.45) is 0 Å². The van der Waals surface area contributed by atoms with Crippen LogP contribution in [0.2, 0.25) is 0 Å². The zero-order valence-corrected chi connectivity index (χ0v) is 18.6. The molecule has 1 aromatic carbocycles. The Bertz CT molecular complexity index is 1300. The van der Waals surface area contributed by atoms with Crippen molar-refractivity contribution >= 4 is 33.2 Å². The number of carbonyl (C=O) groups excluding carboxylic acids is 1. The monoisotopic (exact) mass is 488 g/mol. The van der Waals surface area contributed by atoms with Gasteiger partial charge in [-0.3, -0.25) is 9.48 Å². The highest BCUT2D eigenvalue weighted by Crippen LogP contribution is 2.23. The fourth-order valence-electron chi connectivity index (χ4n) is 3.38. The van der Waals surface area contributed by atoms with Gasteiger partial charge in [-0.1, -0.05) is 12.1 Å². The van der Waals surface area contributed by atoms with Gasteiger partial charge in [0, 0.05) is 11.4 Å². The van der Waals surface area contributed by atoms with E-state index in [0.717, 1.165) is 25.9 Å². The maximum absolute atomic E-state index is 13.3. The Balaban J connectivity index is 1.59. The zero-order valence-electron chi connectivity index (χ0n) is 17.0. The molecule has 1 amide bonds. The Kier molecular flexibility index (Phi) is 5.57. The summed E-state index contributed by atoms with van der Waals surface area (Å²) in [6.45, 7) is 6.04. The fourth-order valence-corrected chi connectivity index (χ4v) is 3.66. The maximum atomic E-state index is 13.3. The minimum absolute atomic E-state index is 0.0939. The highest BCUT2D eigenvalue weighted by atomic mass is 79.9. The highest BCUT2D eigenvalue weighted by molar-refractivity contribution is 9.10. The molecule has 4 aromatic rings.